The molecule has 0 aliphatic rings. The Balaban J connectivity index is 2.47. The van der Waals surface area contributed by atoms with Crippen molar-refractivity contribution in [3.05, 3.63) is 64.7 Å². The van der Waals surface area contributed by atoms with E-state index in [0.717, 1.165) is 13.0 Å². The van der Waals surface area contributed by atoms with Gasteiger partial charge in [-0.05, 0) is 24.6 Å². The minimum absolute atomic E-state index is 0.0752. The molecule has 0 bridgehead atoms. The van der Waals surface area contributed by atoms with Crippen LogP contribution in [-0.2, 0) is 12.8 Å². The Hall–Kier alpha value is -2.81. The number of ether oxygens (including phenoxy) is 1. The highest BCUT2D eigenvalue weighted by Crippen LogP contribution is 2.40. The van der Waals surface area contributed by atoms with Crippen LogP contribution in [0.3, 0.4) is 0 Å². The third kappa shape index (κ3) is 3.69. The van der Waals surface area contributed by atoms with Crippen LogP contribution < -0.4 is 4.74 Å². The van der Waals surface area contributed by atoms with Crippen LogP contribution in [0.1, 0.15) is 34.0 Å². The molecule has 0 amide bonds. The van der Waals surface area contributed by atoms with Gasteiger partial charge in [-0.25, -0.2) is 0 Å². The number of hydrogen-bond acceptors (Lipinski definition) is 3. The minimum Gasteiger partial charge on any atom is -0.488 e. The molecule has 2 aromatic carbocycles. The van der Waals surface area contributed by atoms with Crippen molar-refractivity contribution in [1.82, 2.24) is 0 Å². The number of hydrogen-bond donors (Lipinski definition) is 0. The Labute approximate surface area is 130 Å². The highest BCUT2D eigenvalue weighted by molar-refractivity contribution is 5.97. The summed E-state index contributed by atoms with van der Waals surface area (Å²) < 4.78 is 45.2. The van der Waals surface area contributed by atoms with E-state index in [9.17, 15) is 18.0 Å². The van der Waals surface area contributed by atoms with Crippen molar-refractivity contribution in [2.75, 3.05) is 0 Å². The van der Waals surface area contributed by atoms with Crippen molar-refractivity contribution in [2.45, 2.75) is 19.7 Å². The second kappa shape index (κ2) is 6.53. The molecule has 0 saturated heterocycles. The number of halogens is 3. The number of nitrogens with zero attached hydrogens (tertiary/aromatic N) is 1. The molecule has 2 aromatic rings. The number of Topliss-reactive ketones (excluding diaryl/α,β-unsaturated/α-hetero) is 1. The molecule has 118 valence electrons. The second-order valence-corrected chi connectivity index (χ2v) is 4.80. The molecular weight excluding hydrogens is 307 g/mol. The summed E-state index contributed by atoms with van der Waals surface area (Å²) in [6.45, 7) is 1.04. The molecule has 0 saturated carbocycles. The molecule has 0 aliphatic heterocycles. The summed E-state index contributed by atoms with van der Waals surface area (Å²) in [6, 6.07) is 12.4. The molecule has 2 rings (SSSR count). The molecule has 3 nitrogen and oxygen atoms in total. The van der Waals surface area contributed by atoms with Crippen molar-refractivity contribution in [2.24, 2.45) is 0 Å². The number of ketones is 1. The number of alkyl halides is 3. The maximum absolute atomic E-state index is 13.3. The van der Waals surface area contributed by atoms with Gasteiger partial charge in [0.15, 0.2) is 5.78 Å². The normalized spacial score (nSPS) is 10.9. The predicted molar refractivity (Wildman–Crippen MR) is 76.9 cm³/mol. The first-order valence-electron chi connectivity index (χ1n) is 6.66. The summed E-state index contributed by atoms with van der Waals surface area (Å²) in [5.74, 6) is -1.08. The number of nitriles is 1. The van der Waals surface area contributed by atoms with Gasteiger partial charge >= 0.3 is 6.18 Å². The Morgan fingerprint density at radius 3 is 2.35 bits per heavy atom. The Morgan fingerprint density at radius 1 is 1.17 bits per heavy atom. The van der Waals surface area contributed by atoms with Gasteiger partial charge in [0.05, 0.1) is 5.56 Å². The molecule has 0 fully saturated rings. The molecule has 0 N–H and O–H groups in total. The Kier molecular flexibility index (Phi) is 4.70. The molecule has 0 heterocycles. The largest absolute Gasteiger partial charge is 0.488 e. The van der Waals surface area contributed by atoms with Gasteiger partial charge in [0, 0.05) is 5.56 Å². The fraction of sp³-hybridized carbons (Fsp3) is 0.176. The van der Waals surface area contributed by atoms with Crippen LogP contribution in [0.4, 0.5) is 13.2 Å². The molecular formula is C17H12F3NO2. The van der Waals surface area contributed by atoms with E-state index in [4.69, 9.17) is 10.00 Å². The number of rotatable bonds is 4. The van der Waals surface area contributed by atoms with Crippen LogP contribution in [0, 0.1) is 11.3 Å². The maximum atomic E-state index is 13.3. The average Bonchev–Trinajstić information content (AvgIpc) is 2.51. The van der Waals surface area contributed by atoms with Crippen molar-refractivity contribution >= 4 is 5.78 Å². The lowest BCUT2D eigenvalue weighted by molar-refractivity contribution is -0.139. The first-order chi connectivity index (χ1) is 10.8. The average molecular weight is 319 g/mol. The molecule has 0 atom stereocenters. The predicted octanol–water partition coefficient (Wildman–Crippen LogP) is 4.36. The summed E-state index contributed by atoms with van der Waals surface area (Å²) >= 11 is 0. The SMILES string of the molecule is CC(=O)c1ccc(OCc2ccccc2)c(C(F)(F)F)c1C#N. The summed E-state index contributed by atoms with van der Waals surface area (Å²) in [4.78, 5) is 11.4. The van der Waals surface area contributed by atoms with Gasteiger partial charge in [0.25, 0.3) is 0 Å². The number of carbonyl (C=O) groups excluding carboxylic acids is 1. The van der Waals surface area contributed by atoms with Gasteiger partial charge in [0.2, 0.25) is 0 Å². The van der Waals surface area contributed by atoms with Crippen molar-refractivity contribution in [3.63, 3.8) is 0 Å². The molecule has 6 heteroatoms. The molecule has 23 heavy (non-hydrogen) atoms. The monoisotopic (exact) mass is 319 g/mol. The summed E-state index contributed by atoms with van der Waals surface area (Å²) in [5.41, 5.74) is -1.51. The molecule has 0 spiro atoms. The third-order valence-corrected chi connectivity index (χ3v) is 3.18. The third-order valence-electron chi connectivity index (χ3n) is 3.18. The van der Waals surface area contributed by atoms with Gasteiger partial charge in [-0.2, -0.15) is 18.4 Å². The Morgan fingerprint density at radius 2 is 1.83 bits per heavy atom. The van der Waals surface area contributed by atoms with E-state index in [0.29, 0.717) is 5.56 Å². The van der Waals surface area contributed by atoms with Crippen LogP contribution in [0.25, 0.3) is 0 Å². The summed E-state index contributed by atoms with van der Waals surface area (Å²) in [6.07, 6.45) is -4.80. The minimum atomic E-state index is -4.80. The first kappa shape index (κ1) is 16.6. The smallest absolute Gasteiger partial charge is 0.421 e. The van der Waals surface area contributed by atoms with E-state index >= 15 is 0 Å². The zero-order chi connectivity index (χ0) is 17.0. The van der Waals surface area contributed by atoms with Crippen LogP contribution >= 0.6 is 0 Å². The molecule has 0 aromatic heterocycles. The van der Waals surface area contributed by atoms with E-state index < -0.39 is 28.8 Å². The van der Waals surface area contributed by atoms with Gasteiger partial charge in [-0.3, -0.25) is 4.79 Å². The van der Waals surface area contributed by atoms with E-state index in [-0.39, 0.29) is 12.2 Å². The Bertz CT molecular complexity index is 762. The van der Waals surface area contributed by atoms with Crippen LogP contribution in [0.2, 0.25) is 0 Å². The topological polar surface area (TPSA) is 50.1 Å². The fourth-order valence-corrected chi connectivity index (χ4v) is 2.13. The van der Waals surface area contributed by atoms with Crippen LogP contribution in [0.5, 0.6) is 5.75 Å². The first-order valence-corrected chi connectivity index (χ1v) is 6.66. The van der Waals surface area contributed by atoms with E-state index in [2.05, 4.69) is 0 Å². The molecule has 0 aliphatic carbocycles. The maximum Gasteiger partial charge on any atom is 0.421 e. The number of carbonyl (C=O) groups is 1. The fourth-order valence-electron chi connectivity index (χ4n) is 2.13. The molecule has 0 radical (unpaired) electrons. The van der Waals surface area contributed by atoms with Crippen LogP contribution in [0.15, 0.2) is 42.5 Å². The second-order valence-electron chi connectivity index (χ2n) is 4.80. The lowest BCUT2D eigenvalue weighted by Gasteiger charge is -2.17. The number of benzene rings is 2. The van der Waals surface area contributed by atoms with Crippen LogP contribution in [-0.4, -0.2) is 5.78 Å². The van der Waals surface area contributed by atoms with E-state index in [1.54, 1.807) is 30.3 Å². The van der Waals surface area contributed by atoms with Gasteiger partial charge in [-0.1, -0.05) is 30.3 Å². The van der Waals surface area contributed by atoms with Gasteiger partial charge in [0.1, 0.15) is 24.0 Å². The highest BCUT2D eigenvalue weighted by Gasteiger charge is 2.39. The standard InChI is InChI=1S/C17H12F3NO2/c1-11(22)13-7-8-15(16(14(13)9-21)17(18,19)20)23-10-12-5-3-2-4-6-12/h2-8H,10H2,1H3. The van der Waals surface area contributed by atoms with E-state index in [1.807, 2.05) is 0 Å². The quantitative estimate of drug-likeness (QED) is 0.787. The van der Waals surface area contributed by atoms with Gasteiger partial charge < -0.3 is 4.74 Å². The van der Waals surface area contributed by atoms with Crippen molar-refractivity contribution in [1.29, 1.82) is 5.26 Å². The highest BCUT2D eigenvalue weighted by atomic mass is 19.4. The lowest BCUT2D eigenvalue weighted by atomic mass is 9.98. The zero-order valence-corrected chi connectivity index (χ0v) is 12.1. The lowest BCUT2D eigenvalue weighted by Crippen LogP contribution is -2.14. The van der Waals surface area contributed by atoms with Crippen molar-refractivity contribution in [3.8, 4) is 11.8 Å². The summed E-state index contributed by atoms with van der Waals surface area (Å²) in [7, 11) is 0. The van der Waals surface area contributed by atoms with Crippen molar-refractivity contribution < 1.29 is 22.7 Å². The molecule has 0 unspecified atom stereocenters. The summed E-state index contributed by atoms with van der Waals surface area (Å²) in [5, 5.41) is 9.06. The van der Waals surface area contributed by atoms with Gasteiger partial charge in [-0.15, -0.1) is 0 Å². The van der Waals surface area contributed by atoms with E-state index in [1.165, 1.54) is 12.1 Å². The zero-order valence-electron chi connectivity index (χ0n) is 12.1.